The molecule has 8 heteroatoms. The van der Waals surface area contributed by atoms with Gasteiger partial charge < -0.3 is 9.97 Å². The topological polar surface area (TPSA) is 48.6 Å². The number of aromatic amines is 2. The quantitative estimate of drug-likeness (QED) is 0.186. The highest BCUT2D eigenvalue weighted by atomic mass is 32.2. The molecular formula is C27H20N2OS5. The van der Waals surface area contributed by atoms with Gasteiger partial charge in [-0.3, -0.25) is 0 Å². The van der Waals surface area contributed by atoms with Gasteiger partial charge >= 0.3 is 0 Å². The van der Waals surface area contributed by atoms with Crippen molar-refractivity contribution in [2.75, 3.05) is 0 Å². The van der Waals surface area contributed by atoms with Crippen LogP contribution in [0.1, 0.15) is 11.1 Å². The van der Waals surface area contributed by atoms with Crippen LogP contribution in [0, 0.1) is 7.91 Å². The number of rotatable bonds is 0. The van der Waals surface area contributed by atoms with Gasteiger partial charge in [0.05, 0.1) is 31.2 Å². The van der Waals surface area contributed by atoms with Gasteiger partial charge in [-0.05, 0) is 78.4 Å². The number of H-pyrrole nitrogens is 2. The number of para-hydroxylation sites is 2. The minimum Gasteiger partial charge on any atom is -0.337 e. The molecule has 35 heavy (non-hydrogen) atoms. The van der Waals surface area contributed by atoms with Gasteiger partial charge in [0.2, 0.25) is 0 Å². The van der Waals surface area contributed by atoms with Gasteiger partial charge in [-0.15, -0.1) is 22.7 Å². The number of fused-ring (bicyclic) bond motifs is 4. The largest absolute Gasteiger partial charge is 0.337 e. The fourth-order valence-corrected chi connectivity index (χ4v) is 7.40. The molecule has 0 saturated carbocycles. The summed E-state index contributed by atoms with van der Waals surface area (Å²) in [6, 6.07) is 32.2. The van der Waals surface area contributed by atoms with Crippen molar-refractivity contribution in [3.05, 3.63) is 116 Å². The second kappa shape index (κ2) is 10.9. The van der Waals surface area contributed by atoms with Crippen LogP contribution in [0.2, 0.25) is 0 Å². The smallest absolute Gasteiger partial charge is 0.159 e. The molecule has 174 valence electrons. The standard InChI is InChI=1S/C13H10OS.2C7H5NS2/c14-15-12-7-3-1-5-10(12)9-11-6-2-4-8-13(11)15;2*9-7-8-5-3-1-2-4-6(5)10-7/h1-8H,9H2;2*1-4H,(H,8,9). The average Bonchev–Trinajstić information content (AvgIpc) is 3.45. The van der Waals surface area contributed by atoms with Gasteiger partial charge in [0.25, 0.3) is 0 Å². The third-order valence-corrected chi connectivity index (χ3v) is 9.40. The molecule has 0 radical (unpaired) electrons. The lowest BCUT2D eigenvalue weighted by Gasteiger charge is -2.18. The molecule has 7 rings (SSSR count). The van der Waals surface area contributed by atoms with E-state index < -0.39 is 10.8 Å². The maximum absolute atomic E-state index is 12.2. The third-order valence-electron chi connectivity index (χ3n) is 5.38. The molecule has 2 N–H and O–H groups in total. The van der Waals surface area contributed by atoms with Crippen LogP contribution in [-0.4, -0.2) is 14.2 Å². The number of nitrogens with one attached hydrogen (secondary N) is 2. The molecule has 1 aliphatic heterocycles. The van der Waals surface area contributed by atoms with Crippen molar-refractivity contribution < 1.29 is 4.21 Å². The number of aromatic nitrogens is 2. The fraction of sp³-hybridized carbons (Fsp3) is 0.0370. The lowest BCUT2D eigenvalue weighted by Crippen LogP contribution is -2.08. The zero-order chi connectivity index (χ0) is 24.2. The molecule has 0 saturated heterocycles. The summed E-state index contributed by atoms with van der Waals surface area (Å²) in [5.41, 5.74) is 4.65. The molecule has 4 aromatic carbocycles. The highest BCUT2D eigenvalue weighted by molar-refractivity contribution is 7.85. The Kier molecular flexibility index (Phi) is 7.46. The molecular weight excluding hydrogens is 529 g/mol. The summed E-state index contributed by atoms with van der Waals surface area (Å²) in [5.74, 6) is 0. The molecule has 0 bridgehead atoms. The van der Waals surface area contributed by atoms with Crippen LogP contribution in [0.15, 0.2) is 107 Å². The van der Waals surface area contributed by atoms with E-state index in [9.17, 15) is 4.21 Å². The van der Waals surface area contributed by atoms with Crippen LogP contribution in [-0.2, 0) is 17.2 Å². The third kappa shape index (κ3) is 5.58. The molecule has 0 spiro atoms. The SMILES string of the molecule is O=S1c2ccccc2Cc2ccccc21.S=c1[nH]c2ccccc2s1.S=c1[nH]c2ccccc2s1. The second-order valence-corrected chi connectivity index (χ2v) is 12.5. The Labute approximate surface area is 223 Å². The molecule has 3 nitrogen and oxygen atoms in total. The molecule has 6 aromatic rings. The van der Waals surface area contributed by atoms with Crippen molar-refractivity contribution in [2.24, 2.45) is 0 Å². The molecule has 3 heterocycles. The Morgan fingerprint density at radius 3 is 1.46 bits per heavy atom. The van der Waals surface area contributed by atoms with Crippen LogP contribution in [0.4, 0.5) is 0 Å². The number of thiazole rings is 2. The van der Waals surface area contributed by atoms with Crippen molar-refractivity contribution in [2.45, 2.75) is 16.2 Å². The summed E-state index contributed by atoms with van der Waals surface area (Å²) in [6.45, 7) is 0. The van der Waals surface area contributed by atoms with Gasteiger partial charge in [-0.2, -0.15) is 0 Å². The Bertz CT molecular complexity index is 1560. The lowest BCUT2D eigenvalue weighted by atomic mass is 10.0. The van der Waals surface area contributed by atoms with Crippen molar-refractivity contribution in [3.63, 3.8) is 0 Å². The first kappa shape index (κ1) is 24.0. The summed E-state index contributed by atoms with van der Waals surface area (Å²) in [7, 11) is -0.990. The van der Waals surface area contributed by atoms with Crippen molar-refractivity contribution in [1.29, 1.82) is 0 Å². The normalized spacial score (nSPS) is 12.1. The van der Waals surface area contributed by atoms with Crippen LogP contribution < -0.4 is 0 Å². The van der Waals surface area contributed by atoms with Gasteiger partial charge in [0, 0.05) is 9.79 Å². The molecule has 0 amide bonds. The second-order valence-electron chi connectivity index (χ2n) is 7.68. The first-order valence-corrected chi connectivity index (χ1v) is 14.4. The van der Waals surface area contributed by atoms with E-state index in [0.29, 0.717) is 0 Å². The highest BCUT2D eigenvalue weighted by Gasteiger charge is 2.20. The van der Waals surface area contributed by atoms with Gasteiger partial charge in [0.15, 0.2) is 7.91 Å². The van der Waals surface area contributed by atoms with Crippen molar-refractivity contribution in [3.8, 4) is 0 Å². The first-order valence-electron chi connectivity index (χ1n) is 10.8. The van der Waals surface area contributed by atoms with Gasteiger partial charge in [-0.1, -0.05) is 60.7 Å². The summed E-state index contributed by atoms with van der Waals surface area (Å²) < 4.78 is 16.4. The maximum atomic E-state index is 12.2. The lowest BCUT2D eigenvalue weighted by molar-refractivity contribution is 0.679. The summed E-state index contributed by atoms with van der Waals surface area (Å²) in [6.07, 6.45) is 0.901. The number of benzene rings is 4. The molecule has 0 aliphatic carbocycles. The highest BCUT2D eigenvalue weighted by Crippen LogP contribution is 2.30. The van der Waals surface area contributed by atoms with Gasteiger partial charge in [-0.25, -0.2) is 4.21 Å². The Hall–Kier alpha value is -2.75. The Balaban J connectivity index is 0.000000112. The van der Waals surface area contributed by atoms with Crippen LogP contribution in [0.25, 0.3) is 20.4 Å². The molecule has 1 aliphatic rings. The van der Waals surface area contributed by atoms with Crippen LogP contribution in [0.5, 0.6) is 0 Å². The summed E-state index contributed by atoms with van der Waals surface area (Å²) in [4.78, 5) is 8.12. The predicted octanol–water partition coefficient (Wildman–Crippen LogP) is 8.68. The molecule has 2 aromatic heterocycles. The summed E-state index contributed by atoms with van der Waals surface area (Å²) in [5, 5.41) is 0. The van der Waals surface area contributed by atoms with E-state index in [-0.39, 0.29) is 0 Å². The number of hydrogen-bond donors (Lipinski definition) is 2. The van der Waals surface area contributed by atoms with E-state index in [0.717, 1.165) is 35.2 Å². The Morgan fingerprint density at radius 1 is 0.600 bits per heavy atom. The molecule has 0 atom stereocenters. The maximum Gasteiger partial charge on any atom is 0.159 e. The zero-order valence-electron chi connectivity index (χ0n) is 18.4. The van der Waals surface area contributed by atoms with Gasteiger partial charge in [0.1, 0.15) is 0 Å². The first-order chi connectivity index (χ1) is 17.1. The average molecular weight is 549 g/mol. The van der Waals surface area contributed by atoms with Crippen LogP contribution >= 0.6 is 47.1 Å². The fourth-order valence-electron chi connectivity index (χ4n) is 3.77. The minimum atomic E-state index is -0.990. The predicted molar refractivity (Wildman–Crippen MR) is 154 cm³/mol. The Morgan fingerprint density at radius 2 is 1.00 bits per heavy atom. The zero-order valence-corrected chi connectivity index (χ0v) is 22.5. The van der Waals surface area contributed by atoms with Crippen LogP contribution in [0.3, 0.4) is 0 Å². The van der Waals surface area contributed by atoms with Crippen molar-refractivity contribution in [1.82, 2.24) is 9.97 Å². The van der Waals surface area contributed by atoms with E-state index in [2.05, 4.69) is 34.2 Å². The van der Waals surface area contributed by atoms with E-state index in [1.54, 1.807) is 22.7 Å². The molecule has 0 fully saturated rings. The van der Waals surface area contributed by atoms with Crippen molar-refractivity contribution >= 4 is 78.3 Å². The molecule has 0 unspecified atom stereocenters. The van der Waals surface area contributed by atoms with E-state index in [1.807, 2.05) is 72.8 Å². The van der Waals surface area contributed by atoms with E-state index in [1.165, 1.54) is 20.5 Å². The monoisotopic (exact) mass is 548 g/mol. The van der Waals surface area contributed by atoms with E-state index >= 15 is 0 Å². The summed E-state index contributed by atoms with van der Waals surface area (Å²) >= 11 is 13.2. The number of hydrogen-bond acceptors (Lipinski definition) is 5. The minimum absolute atomic E-state index is 0.848. The van der Waals surface area contributed by atoms with E-state index in [4.69, 9.17) is 24.4 Å².